The summed E-state index contributed by atoms with van der Waals surface area (Å²) >= 11 is 5.72. The lowest BCUT2D eigenvalue weighted by molar-refractivity contribution is 0.144. The van der Waals surface area contributed by atoms with Crippen LogP contribution in [-0.4, -0.2) is 11.1 Å². The maximum atomic E-state index is 9.71. The van der Waals surface area contributed by atoms with Gasteiger partial charge in [-0.2, -0.15) is 0 Å². The van der Waals surface area contributed by atoms with Crippen molar-refractivity contribution in [2.24, 2.45) is 5.73 Å². The molecule has 0 aliphatic carbocycles. The predicted molar refractivity (Wildman–Crippen MR) is 61.9 cm³/mol. The van der Waals surface area contributed by atoms with Crippen LogP contribution in [-0.2, 0) is 0 Å². The van der Waals surface area contributed by atoms with Gasteiger partial charge < -0.3 is 10.8 Å². The van der Waals surface area contributed by atoms with Gasteiger partial charge >= 0.3 is 0 Å². The van der Waals surface area contributed by atoms with Crippen LogP contribution in [0.4, 0.5) is 0 Å². The van der Waals surface area contributed by atoms with E-state index in [1.165, 1.54) is 0 Å². The number of halogens is 2. The highest BCUT2D eigenvalue weighted by molar-refractivity contribution is 6.30. The van der Waals surface area contributed by atoms with Crippen molar-refractivity contribution < 1.29 is 5.11 Å². The van der Waals surface area contributed by atoms with Gasteiger partial charge in [0.15, 0.2) is 0 Å². The molecule has 2 atom stereocenters. The van der Waals surface area contributed by atoms with Gasteiger partial charge in [-0.1, -0.05) is 30.7 Å². The second-order valence-corrected chi connectivity index (χ2v) is 3.50. The fraction of sp³-hybridized carbons (Fsp3) is 0.400. The minimum absolute atomic E-state index is 0. The van der Waals surface area contributed by atoms with Crippen molar-refractivity contribution in [1.29, 1.82) is 0 Å². The summed E-state index contributed by atoms with van der Waals surface area (Å²) in [5.41, 5.74) is 6.52. The molecule has 0 heterocycles. The molecular formula is C10H15Cl2NO. The quantitative estimate of drug-likeness (QED) is 0.847. The van der Waals surface area contributed by atoms with Gasteiger partial charge in [-0.25, -0.2) is 0 Å². The van der Waals surface area contributed by atoms with Gasteiger partial charge in [-0.05, 0) is 24.1 Å². The zero-order valence-electron chi connectivity index (χ0n) is 7.98. The smallest absolute Gasteiger partial charge is 0.0940 e. The van der Waals surface area contributed by atoms with Crippen molar-refractivity contribution in [3.8, 4) is 0 Å². The summed E-state index contributed by atoms with van der Waals surface area (Å²) in [6.45, 7) is 1.95. The summed E-state index contributed by atoms with van der Waals surface area (Å²) in [5.74, 6) is 0. The van der Waals surface area contributed by atoms with Gasteiger partial charge in [0, 0.05) is 11.1 Å². The third-order valence-electron chi connectivity index (χ3n) is 2.09. The fourth-order valence-electron chi connectivity index (χ4n) is 1.13. The number of hydrogen-bond donors (Lipinski definition) is 2. The maximum Gasteiger partial charge on any atom is 0.0940 e. The zero-order valence-corrected chi connectivity index (χ0v) is 9.55. The monoisotopic (exact) mass is 235 g/mol. The summed E-state index contributed by atoms with van der Waals surface area (Å²) in [6.07, 6.45) is 0.159. The standard InChI is InChI=1S/C10H14ClNO.ClH/c1-2-9(12)10(13)7-3-5-8(11)6-4-7;/h3-6,9-10,13H,2,12H2,1H3;1H. The Balaban J connectivity index is 0.00000169. The lowest BCUT2D eigenvalue weighted by Gasteiger charge is -2.17. The van der Waals surface area contributed by atoms with Crippen LogP contribution in [0.3, 0.4) is 0 Å². The molecule has 1 rings (SSSR count). The minimum Gasteiger partial charge on any atom is -0.387 e. The first-order valence-electron chi connectivity index (χ1n) is 4.34. The van der Waals surface area contributed by atoms with Crippen molar-refractivity contribution in [2.75, 3.05) is 0 Å². The average Bonchev–Trinajstić information content (AvgIpc) is 2.17. The molecule has 1 aromatic carbocycles. The summed E-state index contributed by atoms with van der Waals surface area (Å²) in [5, 5.41) is 10.4. The summed E-state index contributed by atoms with van der Waals surface area (Å²) in [6, 6.07) is 6.89. The van der Waals surface area contributed by atoms with Gasteiger partial charge in [0.2, 0.25) is 0 Å². The molecule has 2 nitrogen and oxygen atoms in total. The Hall–Kier alpha value is -0.280. The van der Waals surface area contributed by atoms with Crippen LogP contribution in [0.15, 0.2) is 24.3 Å². The van der Waals surface area contributed by atoms with E-state index in [0.29, 0.717) is 5.02 Å². The van der Waals surface area contributed by atoms with Crippen molar-refractivity contribution in [1.82, 2.24) is 0 Å². The molecule has 80 valence electrons. The number of hydrogen-bond acceptors (Lipinski definition) is 2. The van der Waals surface area contributed by atoms with Crippen molar-refractivity contribution in [3.63, 3.8) is 0 Å². The minimum atomic E-state index is -0.595. The topological polar surface area (TPSA) is 46.2 Å². The molecule has 3 N–H and O–H groups in total. The normalized spacial score (nSPS) is 14.3. The first-order chi connectivity index (χ1) is 6.15. The molecule has 0 aromatic heterocycles. The zero-order chi connectivity index (χ0) is 9.84. The summed E-state index contributed by atoms with van der Waals surface area (Å²) in [7, 11) is 0. The van der Waals surface area contributed by atoms with E-state index >= 15 is 0 Å². The van der Waals surface area contributed by atoms with Crippen molar-refractivity contribution in [2.45, 2.75) is 25.5 Å². The molecule has 0 bridgehead atoms. The molecule has 0 amide bonds. The molecule has 0 radical (unpaired) electrons. The third-order valence-corrected chi connectivity index (χ3v) is 2.34. The molecule has 0 saturated carbocycles. The molecule has 1 aromatic rings. The van der Waals surface area contributed by atoms with E-state index < -0.39 is 6.10 Å². The molecule has 0 aliphatic heterocycles. The van der Waals surface area contributed by atoms with Gasteiger partial charge in [0.05, 0.1) is 6.10 Å². The second-order valence-electron chi connectivity index (χ2n) is 3.07. The maximum absolute atomic E-state index is 9.71. The van der Waals surface area contributed by atoms with Crippen LogP contribution in [0.1, 0.15) is 25.0 Å². The van der Waals surface area contributed by atoms with Crippen molar-refractivity contribution in [3.05, 3.63) is 34.9 Å². The van der Waals surface area contributed by atoms with Gasteiger partial charge in [0.25, 0.3) is 0 Å². The van der Waals surface area contributed by atoms with E-state index in [1.54, 1.807) is 24.3 Å². The van der Waals surface area contributed by atoms with Crippen LogP contribution in [0.25, 0.3) is 0 Å². The Labute approximate surface area is 95.5 Å². The first kappa shape index (κ1) is 13.7. The molecule has 2 unspecified atom stereocenters. The van der Waals surface area contributed by atoms with E-state index in [2.05, 4.69) is 0 Å². The Kier molecular flexibility index (Phi) is 6.12. The highest BCUT2D eigenvalue weighted by Crippen LogP contribution is 2.19. The number of nitrogens with two attached hydrogens (primary N) is 1. The van der Waals surface area contributed by atoms with E-state index in [0.717, 1.165) is 12.0 Å². The molecule has 14 heavy (non-hydrogen) atoms. The number of rotatable bonds is 3. The average molecular weight is 236 g/mol. The van der Waals surface area contributed by atoms with Gasteiger partial charge in [0.1, 0.15) is 0 Å². The first-order valence-corrected chi connectivity index (χ1v) is 4.72. The predicted octanol–water partition coefficient (Wildman–Crippen LogP) is 2.53. The molecular weight excluding hydrogens is 221 g/mol. The van der Waals surface area contributed by atoms with Crippen molar-refractivity contribution >= 4 is 24.0 Å². The Morgan fingerprint density at radius 3 is 2.29 bits per heavy atom. The van der Waals surface area contributed by atoms with E-state index in [1.807, 2.05) is 6.92 Å². The fourth-order valence-corrected chi connectivity index (χ4v) is 1.26. The lowest BCUT2D eigenvalue weighted by Crippen LogP contribution is -2.27. The lowest BCUT2D eigenvalue weighted by atomic mass is 10.0. The van der Waals surface area contributed by atoms with Crippen LogP contribution in [0.5, 0.6) is 0 Å². The largest absolute Gasteiger partial charge is 0.387 e. The molecule has 0 saturated heterocycles. The van der Waals surface area contributed by atoms with Crippen LogP contribution in [0.2, 0.25) is 5.02 Å². The summed E-state index contributed by atoms with van der Waals surface area (Å²) in [4.78, 5) is 0. The Bertz CT molecular complexity index is 263. The Morgan fingerprint density at radius 2 is 1.86 bits per heavy atom. The molecule has 4 heteroatoms. The van der Waals surface area contributed by atoms with Gasteiger partial charge in [-0.3, -0.25) is 0 Å². The van der Waals surface area contributed by atoms with E-state index in [9.17, 15) is 5.11 Å². The third kappa shape index (κ3) is 3.46. The van der Waals surface area contributed by atoms with E-state index in [-0.39, 0.29) is 18.4 Å². The van der Waals surface area contributed by atoms with E-state index in [4.69, 9.17) is 17.3 Å². The number of benzene rings is 1. The Morgan fingerprint density at radius 1 is 1.36 bits per heavy atom. The number of aliphatic hydroxyl groups is 1. The van der Waals surface area contributed by atoms with Crippen LogP contribution < -0.4 is 5.73 Å². The SMILES string of the molecule is CCC(N)C(O)c1ccc(Cl)cc1.Cl. The molecule has 0 spiro atoms. The highest BCUT2D eigenvalue weighted by Gasteiger charge is 2.14. The number of aliphatic hydroxyl groups excluding tert-OH is 1. The highest BCUT2D eigenvalue weighted by atomic mass is 35.5. The molecule has 0 aliphatic rings. The van der Waals surface area contributed by atoms with Crippen LogP contribution in [0, 0.1) is 0 Å². The molecule has 0 fully saturated rings. The van der Waals surface area contributed by atoms with Gasteiger partial charge in [-0.15, -0.1) is 12.4 Å². The van der Waals surface area contributed by atoms with Crippen LogP contribution >= 0.6 is 24.0 Å². The second kappa shape index (κ2) is 6.25. The summed E-state index contributed by atoms with van der Waals surface area (Å²) < 4.78 is 0.